The van der Waals surface area contributed by atoms with Crippen molar-refractivity contribution in [3.8, 4) is 0 Å². The zero-order valence-electron chi connectivity index (χ0n) is 10.8. The molecule has 2 aromatic rings. The Bertz CT molecular complexity index is 607. The Hall–Kier alpha value is -1.26. The van der Waals surface area contributed by atoms with Crippen LogP contribution in [0.2, 0.25) is 5.02 Å². The average molecular weight is 300 g/mol. The second kappa shape index (κ2) is 5.80. The molecule has 1 heterocycles. The summed E-state index contributed by atoms with van der Waals surface area (Å²) < 4.78 is 1.80. The van der Waals surface area contributed by atoms with Gasteiger partial charge in [0.1, 0.15) is 12.4 Å². The molecule has 0 aliphatic heterocycles. The predicted octanol–water partition coefficient (Wildman–Crippen LogP) is 2.95. The number of halogens is 2. The minimum atomic E-state index is -0.0688. The molecule has 4 nitrogen and oxygen atoms in total. The van der Waals surface area contributed by atoms with E-state index in [0.29, 0.717) is 10.8 Å². The van der Waals surface area contributed by atoms with Gasteiger partial charge in [-0.05, 0) is 32.0 Å². The molecule has 0 unspecified atom stereocenters. The number of carbonyl (C=O) groups excluding carboxylic acids is 1. The van der Waals surface area contributed by atoms with Crippen LogP contribution in [0.3, 0.4) is 0 Å². The molecule has 1 aromatic carbocycles. The Labute approximate surface area is 121 Å². The number of nitrogens with one attached hydrogen (secondary N) is 1. The summed E-state index contributed by atoms with van der Waals surface area (Å²) in [6.45, 7) is 4.03. The SMILES string of the molecule is CC(C)NC(=O)Cn1c(CCl)nc2ccc(Cl)cc21. The maximum absolute atomic E-state index is 11.9. The number of amides is 1. The Balaban J connectivity index is 2.39. The Morgan fingerprint density at radius 1 is 1.47 bits per heavy atom. The van der Waals surface area contributed by atoms with Crippen LogP contribution in [-0.2, 0) is 17.2 Å². The molecule has 0 atom stereocenters. The van der Waals surface area contributed by atoms with Gasteiger partial charge in [-0.1, -0.05) is 11.6 Å². The van der Waals surface area contributed by atoms with E-state index in [1.54, 1.807) is 16.7 Å². The number of carbonyl (C=O) groups is 1. The summed E-state index contributed by atoms with van der Waals surface area (Å²) in [5, 5.41) is 3.46. The van der Waals surface area contributed by atoms with E-state index in [2.05, 4.69) is 10.3 Å². The molecule has 0 radical (unpaired) electrons. The lowest BCUT2D eigenvalue weighted by atomic mass is 10.3. The highest BCUT2D eigenvalue weighted by molar-refractivity contribution is 6.31. The van der Waals surface area contributed by atoms with Crippen LogP contribution in [0.15, 0.2) is 18.2 Å². The van der Waals surface area contributed by atoms with Crippen molar-refractivity contribution in [2.45, 2.75) is 32.3 Å². The highest BCUT2D eigenvalue weighted by atomic mass is 35.5. The molecule has 1 amide bonds. The van der Waals surface area contributed by atoms with Gasteiger partial charge in [0.25, 0.3) is 0 Å². The summed E-state index contributed by atoms with van der Waals surface area (Å²) in [6.07, 6.45) is 0. The summed E-state index contributed by atoms with van der Waals surface area (Å²) in [5.41, 5.74) is 1.61. The van der Waals surface area contributed by atoms with Gasteiger partial charge in [-0.15, -0.1) is 11.6 Å². The topological polar surface area (TPSA) is 46.9 Å². The van der Waals surface area contributed by atoms with Crippen molar-refractivity contribution in [3.05, 3.63) is 29.0 Å². The minimum absolute atomic E-state index is 0.0688. The Kier molecular flexibility index (Phi) is 4.32. The highest BCUT2D eigenvalue weighted by Crippen LogP contribution is 2.21. The lowest BCUT2D eigenvalue weighted by Crippen LogP contribution is -2.33. The highest BCUT2D eigenvalue weighted by Gasteiger charge is 2.13. The number of benzene rings is 1. The molecule has 0 aliphatic carbocycles. The first-order chi connectivity index (χ1) is 9.01. The molecule has 102 valence electrons. The van der Waals surface area contributed by atoms with E-state index in [9.17, 15) is 4.79 Å². The smallest absolute Gasteiger partial charge is 0.240 e. The molecule has 1 N–H and O–H groups in total. The van der Waals surface area contributed by atoms with Crippen LogP contribution >= 0.6 is 23.2 Å². The number of alkyl halides is 1. The van der Waals surface area contributed by atoms with Gasteiger partial charge in [-0.2, -0.15) is 0 Å². The zero-order valence-corrected chi connectivity index (χ0v) is 12.3. The second-order valence-corrected chi connectivity index (χ2v) is 5.31. The Morgan fingerprint density at radius 2 is 2.21 bits per heavy atom. The van der Waals surface area contributed by atoms with E-state index in [4.69, 9.17) is 23.2 Å². The fourth-order valence-corrected chi connectivity index (χ4v) is 2.31. The largest absolute Gasteiger partial charge is 0.352 e. The van der Waals surface area contributed by atoms with Crippen LogP contribution in [0.5, 0.6) is 0 Å². The molecule has 0 saturated carbocycles. The predicted molar refractivity (Wildman–Crippen MR) is 77.6 cm³/mol. The van der Waals surface area contributed by atoms with Crippen molar-refractivity contribution in [2.75, 3.05) is 0 Å². The van der Waals surface area contributed by atoms with Crippen molar-refractivity contribution in [3.63, 3.8) is 0 Å². The number of hydrogen-bond acceptors (Lipinski definition) is 2. The zero-order chi connectivity index (χ0) is 14.0. The second-order valence-electron chi connectivity index (χ2n) is 4.60. The van der Waals surface area contributed by atoms with Crippen molar-refractivity contribution in [1.29, 1.82) is 0 Å². The van der Waals surface area contributed by atoms with Gasteiger partial charge in [0.2, 0.25) is 5.91 Å². The lowest BCUT2D eigenvalue weighted by Gasteiger charge is -2.11. The van der Waals surface area contributed by atoms with Gasteiger partial charge in [-0.25, -0.2) is 4.98 Å². The summed E-state index contributed by atoms with van der Waals surface area (Å²) in [6, 6.07) is 5.49. The van der Waals surface area contributed by atoms with Crippen molar-refractivity contribution in [2.24, 2.45) is 0 Å². The van der Waals surface area contributed by atoms with Gasteiger partial charge < -0.3 is 9.88 Å². The first kappa shape index (κ1) is 14.2. The third kappa shape index (κ3) is 3.19. The average Bonchev–Trinajstić information content (AvgIpc) is 2.66. The van der Waals surface area contributed by atoms with E-state index in [0.717, 1.165) is 11.0 Å². The molecular weight excluding hydrogens is 285 g/mol. The van der Waals surface area contributed by atoms with Crippen LogP contribution in [0.1, 0.15) is 19.7 Å². The molecule has 0 bridgehead atoms. The monoisotopic (exact) mass is 299 g/mol. The van der Waals surface area contributed by atoms with E-state index >= 15 is 0 Å². The van der Waals surface area contributed by atoms with Crippen LogP contribution in [-0.4, -0.2) is 21.5 Å². The molecule has 0 saturated heterocycles. The van der Waals surface area contributed by atoms with Crippen molar-refractivity contribution in [1.82, 2.24) is 14.9 Å². The van der Waals surface area contributed by atoms with Gasteiger partial charge in [-0.3, -0.25) is 4.79 Å². The van der Waals surface area contributed by atoms with Crippen molar-refractivity contribution >= 4 is 40.1 Å². The number of imidazole rings is 1. The number of aromatic nitrogens is 2. The van der Waals surface area contributed by atoms with Crippen LogP contribution in [0.4, 0.5) is 0 Å². The van der Waals surface area contributed by atoms with Gasteiger partial charge >= 0.3 is 0 Å². The molecule has 2 rings (SSSR count). The molecular formula is C13H15Cl2N3O. The van der Waals surface area contributed by atoms with Crippen LogP contribution < -0.4 is 5.32 Å². The fourth-order valence-electron chi connectivity index (χ4n) is 1.94. The molecule has 6 heteroatoms. The summed E-state index contributed by atoms with van der Waals surface area (Å²) in [4.78, 5) is 16.3. The molecule has 1 aromatic heterocycles. The normalized spacial score (nSPS) is 11.2. The first-order valence-electron chi connectivity index (χ1n) is 6.01. The van der Waals surface area contributed by atoms with Crippen LogP contribution in [0, 0.1) is 0 Å². The summed E-state index contributed by atoms with van der Waals surface area (Å²) in [7, 11) is 0. The fraction of sp³-hybridized carbons (Fsp3) is 0.385. The standard InChI is InChI=1S/C13H15Cl2N3O/c1-8(2)16-13(19)7-18-11-5-9(15)3-4-10(11)17-12(18)6-14/h3-5,8H,6-7H2,1-2H3,(H,16,19). The third-order valence-corrected chi connectivity index (χ3v) is 3.13. The lowest BCUT2D eigenvalue weighted by molar-refractivity contribution is -0.122. The molecule has 0 fully saturated rings. The van der Waals surface area contributed by atoms with Gasteiger partial charge in [0.05, 0.1) is 16.9 Å². The maximum Gasteiger partial charge on any atom is 0.240 e. The Morgan fingerprint density at radius 3 is 2.84 bits per heavy atom. The van der Waals surface area contributed by atoms with E-state index < -0.39 is 0 Å². The summed E-state index contributed by atoms with van der Waals surface area (Å²) >= 11 is 11.9. The number of rotatable bonds is 4. The van der Waals surface area contributed by atoms with Crippen molar-refractivity contribution < 1.29 is 4.79 Å². The first-order valence-corrected chi connectivity index (χ1v) is 6.92. The third-order valence-electron chi connectivity index (χ3n) is 2.66. The molecule has 19 heavy (non-hydrogen) atoms. The van der Waals surface area contributed by atoms with E-state index in [1.807, 2.05) is 19.9 Å². The minimum Gasteiger partial charge on any atom is -0.352 e. The van der Waals surface area contributed by atoms with Crippen LogP contribution in [0.25, 0.3) is 11.0 Å². The van der Waals surface area contributed by atoms with E-state index in [-0.39, 0.29) is 24.4 Å². The molecule has 0 spiro atoms. The maximum atomic E-state index is 11.9. The van der Waals surface area contributed by atoms with Gasteiger partial charge in [0, 0.05) is 11.1 Å². The number of nitrogens with zero attached hydrogens (tertiary/aromatic N) is 2. The molecule has 0 aliphatic rings. The van der Waals surface area contributed by atoms with E-state index in [1.165, 1.54) is 0 Å². The number of fused-ring (bicyclic) bond motifs is 1. The van der Waals surface area contributed by atoms with Gasteiger partial charge in [0.15, 0.2) is 0 Å². The quantitative estimate of drug-likeness (QED) is 0.882. The summed E-state index contributed by atoms with van der Waals surface area (Å²) in [5.74, 6) is 0.847. The number of hydrogen-bond donors (Lipinski definition) is 1.